The molecule has 1 aromatic heterocycles. The lowest BCUT2D eigenvalue weighted by atomic mass is 10.1. The number of aryl methyl sites for hydroxylation is 1. The third kappa shape index (κ3) is 5.27. The lowest BCUT2D eigenvalue weighted by Crippen LogP contribution is -2.38. The second-order valence-corrected chi connectivity index (χ2v) is 5.32. The Morgan fingerprint density at radius 1 is 1.53 bits per heavy atom. The number of aromatic nitrogens is 2. The molecular formula is C12H21N3O4. The minimum Gasteiger partial charge on any atom is -0.444 e. The van der Waals surface area contributed by atoms with E-state index in [-0.39, 0.29) is 6.54 Å². The Labute approximate surface area is 112 Å². The Morgan fingerprint density at radius 3 is 2.63 bits per heavy atom. The van der Waals surface area contributed by atoms with Crippen LogP contribution < -0.4 is 5.32 Å². The maximum atomic E-state index is 11.4. The van der Waals surface area contributed by atoms with Gasteiger partial charge in [-0.15, -0.1) is 0 Å². The van der Waals surface area contributed by atoms with Crippen molar-refractivity contribution in [2.75, 3.05) is 6.54 Å². The van der Waals surface area contributed by atoms with E-state index in [1.807, 2.05) is 0 Å². The summed E-state index contributed by atoms with van der Waals surface area (Å²) >= 11 is 0. The maximum absolute atomic E-state index is 11.4. The van der Waals surface area contributed by atoms with Crippen LogP contribution in [-0.4, -0.2) is 44.5 Å². The highest BCUT2D eigenvalue weighted by molar-refractivity contribution is 5.67. The number of ether oxygens (including phenoxy) is 1. The number of hydrogen-bond donors (Lipinski definition) is 4. The standard InChI is InChI=1S/C12H21N3O4/c1-7-13-5-8(15-7)10(17)9(16)6-14-11(18)19-12(2,3)4/h5,9-10,16-17H,6H2,1-4H3,(H,13,15)(H,14,18). The van der Waals surface area contributed by atoms with Crippen LogP contribution in [0.15, 0.2) is 6.20 Å². The quantitative estimate of drug-likeness (QED) is 0.642. The minimum absolute atomic E-state index is 0.117. The molecule has 0 fully saturated rings. The molecule has 2 atom stereocenters. The van der Waals surface area contributed by atoms with Gasteiger partial charge in [0, 0.05) is 6.54 Å². The summed E-state index contributed by atoms with van der Waals surface area (Å²) in [6.07, 6.45) is -1.49. The molecule has 4 N–H and O–H groups in total. The molecule has 2 unspecified atom stereocenters. The number of nitrogens with zero attached hydrogens (tertiary/aromatic N) is 1. The molecule has 19 heavy (non-hydrogen) atoms. The van der Waals surface area contributed by atoms with E-state index < -0.39 is 23.9 Å². The summed E-state index contributed by atoms with van der Waals surface area (Å²) in [5.41, 5.74) is -0.204. The summed E-state index contributed by atoms with van der Waals surface area (Å²) in [6.45, 7) is 6.84. The zero-order chi connectivity index (χ0) is 14.6. The molecular weight excluding hydrogens is 250 g/mol. The number of nitrogens with one attached hydrogen (secondary N) is 2. The summed E-state index contributed by atoms with van der Waals surface area (Å²) in [4.78, 5) is 18.1. The SMILES string of the molecule is Cc1ncc(C(O)C(O)CNC(=O)OC(C)(C)C)[nH]1. The topological polar surface area (TPSA) is 107 Å². The van der Waals surface area contributed by atoms with Crippen LogP contribution in [0, 0.1) is 6.92 Å². The molecule has 7 heteroatoms. The van der Waals surface area contributed by atoms with E-state index in [1.165, 1.54) is 6.20 Å². The third-order valence-electron chi connectivity index (χ3n) is 2.26. The highest BCUT2D eigenvalue weighted by atomic mass is 16.6. The average Bonchev–Trinajstić information content (AvgIpc) is 2.69. The molecule has 0 aromatic carbocycles. The zero-order valence-electron chi connectivity index (χ0n) is 11.6. The van der Waals surface area contributed by atoms with Gasteiger partial charge in [0.05, 0.1) is 11.9 Å². The molecule has 108 valence electrons. The first-order valence-electron chi connectivity index (χ1n) is 6.03. The summed E-state index contributed by atoms with van der Waals surface area (Å²) in [5.74, 6) is 0.640. The Bertz CT molecular complexity index is 425. The Morgan fingerprint density at radius 2 is 2.16 bits per heavy atom. The molecule has 0 bridgehead atoms. The molecule has 0 aliphatic heterocycles. The van der Waals surface area contributed by atoms with Crippen molar-refractivity contribution in [3.05, 3.63) is 17.7 Å². The van der Waals surface area contributed by atoms with Gasteiger partial charge in [0.1, 0.15) is 23.6 Å². The summed E-state index contributed by atoms with van der Waals surface area (Å²) < 4.78 is 5.01. The van der Waals surface area contributed by atoms with Gasteiger partial charge in [-0.2, -0.15) is 0 Å². The number of alkyl carbamates (subject to hydrolysis) is 1. The number of H-pyrrole nitrogens is 1. The fourth-order valence-corrected chi connectivity index (χ4v) is 1.41. The predicted molar refractivity (Wildman–Crippen MR) is 68.5 cm³/mol. The van der Waals surface area contributed by atoms with Gasteiger partial charge in [-0.05, 0) is 27.7 Å². The third-order valence-corrected chi connectivity index (χ3v) is 2.26. The van der Waals surface area contributed by atoms with Gasteiger partial charge in [0.2, 0.25) is 0 Å². The first-order valence-corrected chi connectivity index (χ1v) is 6.03. The van der Waals surface area contributed by atoms with Crippen molar-refractivity contribution in [2.45, 2.75) is 45.5 Å². The Hall–Kier alpha value is -1.60. The number of carbonyl (C=O) groups is 1. The van der Waals surface area contributed by atoms with E-state index in [4.69, 9.17) is 4.74 Å². The zero-order valence-corrected chi connectivity index (χ0v) is 11.6. The van der Waals surface area contributed by atoms with Crippen LogP contribution >= 0.6 is 0 Å². The van der Waals surface area contributed by atoms with Crippen molar-refractivity contribution in [1.29, 1.82) is 0 Å². The monoisotopic (exact) mass is 271 g/mol. The van der Waals surface area contributed by atoms with Gasteiger partial charge in [0.25, 0.3) is 0 Å². The molecule has 0 radical (unpaired) electrons. The van der Waals surface area contributed by atoms with Crippen LogP contribution in [0.4, 0.5) is 4.79 Å². The minimum atomic E-state index is -1.15. The molecule has 1 aromatic rings. The number of aromatic amines is 1. The van der Waals surface area contributed by atoms with E-state index in [9.17, 15) is 15.0 Å². The van der Waals surface area contributed by atoms with Gasteiger partial charge in [0.15, 0.2) is 0 Å². The van der Waals surface area contributed by atoms with Crippen LogP contribution in [0.3, 0.4) is 0 Å². The molecule has 0 saturated carbocycles. The molecule has 0 saturated heterocycles. The normalized spacial score (nSPS) is 14.8. The van der Waals surface area contributed by atoms with Crippen molar-refractivity contribution in [2.24, 2.45) is 0 Å². The fourth-order valence-electron chi connectivity index (χ4n) is 1.41. The Kier molecular flexibility index (Phi) is 4.90. The number of amides is 1. The maximum Gasteiger partial charge on any atom is 0.407 e. The number of aliphatic hydroxyl groups excluding tert-OH is 2. The van der Waals surface area contributed by atoms with Crippen molar-refractivity contribution >= 4 is 6.09 Å². The largest absolute Gasteiger partial charge is 0.444 e. The lowest BCUT2D eigenvalue weighted by molar-refractivity contribution is 0.0110. The summed E-state index contributed by atoms with van der Waals surface area (Å²) in [7, 11) is 0. The summed E-state index contributed by atoms with van der Waals surface area (Å²) in [6, 6.07) is 0. The Balaban J connectivity index is 2.43. The van der Waals surface area contributed by atoms with E-state index >= 15 is 0 Å². The van der Waals surface area contributed by atoms with Crippen LogP contribution in [0.2, 0.25) is 0 Å². The molecule has 7 nitrogen and oxygen atoms in total. The number of aliphatic hydroxyl groups is 2. The molecule has 0 aliphatic rings. The first kappa shape index (κ1) is 15.5. The van der Waals surface area contributed by atoms with Gasteiger partial charge in [-0.25, -0.2) is 9.78 Å². The second kappa shape index (κ2) is 6.03. The van der Waals surface area contributed by atoms with Gasteiger partial charge < -0.3 is 25.3 Å². The van der Waals surface area contributed by atoms with E-state index in [0.717, 1.165) is 0 Å². The van der Waals surface area contributed by atoms with Crippen LogP contribution in [0.5, 0.6) is 0 Å². The molecule has 1 heterocycles. The smallest absolute Gasteiger partial charge is 0.407 e. The van der Waals surface area contributed by atoms with E-state index in [0.29, 0.717) is 11.5 Å². The van der Waals surface area contributed by atoms with Crippen molar-refractivity contribution in [3.8, 4) is 0 Å². The summed E-state index contributed by atoms with van der Waals surface area (Å²) in [5, 5.41) is 22.0. The second-order valence-electron chi connectivity index (χ2n) is 5.32. The van der Waals surface area contributed by atoms with E-state index in [2.05, 4.69) is 15.3 Å². The average molecular weight is 271 g/mol. The number of hydrogen-bond acceptors (Lipinski definition) is 5. The van der Waals surface area contributed by atoms with Crippen LogP contribution in [0.1, 0.15) is 38.4 Å². The highest BCUT2D eigenvalue weighted by Crippen LogP contribution is 2.14. The first-order chi connectivity index (χ1) is 8.69. The lowest BCUT2D eigenvalue weighted by Gasteiger charge is -2.21. The van der Waals surface area contributed by atoms with Crippen molar-refractivity contribution < 1.29 is 19.7 Å². The van der Waals surface area contributed by atoms with Gasteiger partial charge in [-0.1, -0.05) is 0 Å². The van der Waals surface area contributed by atoms with Crippen LogP contribution in [-0.2, 0) is 4.74 Å². The number of imidazole rings is 1. The molecule has 0 spiro atoms. The molecule has 1 amide bonds. The van der Waals surface area contributed by atoms with Crippen molar-refractivity contribution in [3.63, 3.8) is 0 Å². The number of carbonyl (C=O) groups excluding carboxylic acids is 1. The van der Waals surface area contributed by atoms with E-state index in [1.54, 1.807) is 27.7 Å². The fraction of sp³-hybridized carbons (Fsp3) is 0.667. The molecule has 1 rings (SSSR count). The predicted octanol–water partition coefficient (Wildman–Crippen LogP) is 0.637. The van der Waals surface area contributed by atoms with Gasteiger partial charge >= 0.3 is 6.09 Å². The molecule has 0 aliphatic carbocycles. The highest BCUT2D eigenvalue weighted by Gasteiger charge is 2.22. The van der Waals surface area contributed by atoms with Crippen LogP contribution in [0.25, 0.3) is 0 Å². The van der Waals surface area contributed by atoms with Gasteiger partial charge in [-0.3, -0.25) is 0 Å². The number of rotatable bonds is 4. The van der Waals surface area contributed by atoms with Crippen molar-refractivity contribution in [1.82, 2.24) is 15.3 Å².